The maximum absolute atomic E-state index is 13.4. The van der Waals surface area contributed by atoms with Gasteiger partial charge in [0.25, 0.3) is 5.56 Å². The predicted molar refractivity (Wildman–Crippen MR) is 120 cm³/mol. The van der Waals surface area contributed by atoms with E-state index in [2.05, 4.69) is 35.3 Å². The zero-order valence-corrected chi connectivity index (χ0v) is 17.1. The molecule has 31 heavy (non-hydrogen) atoms. The molecule has 1 aliphatic rings. The zero-order valence-electron chi connectivity index (χ0n) is 17.1. The van der Waals surface area contributed by atoms with Gasteiger partial charge in [-0.15, -0.1) is 0 Å². The first-order chi connectivity index (χ1) is 15.2. The predicted octanol–water partition coefficient (Wildman–Crippen LogP) is 2.56. The van der Waals surface area contributed by atoms with E-state index in [1.54, 1.807) is 12.1 Å². The molecule has 0 unspecified atom stereocenters. The number of anilines is 2. The Morgan fingerprint density at radius 1 is 1.06 bits per heavy atom. The van der Waals surface area contributed by atoms with Crippen molar-refractivity contribution in [2.45, 2.75) is 6.42 Å². The van der Waals surface area contributed by atoms with Crippen molar-refractivity contribution in [3.05, 3.63) is 58.6 Å². The van der Waals surface area contributed by atoms with Crippen molar-refractivity contribution in [1.29, 1.82) is 0 Å². The number of para-hydroxylation sites is 1. The molecule has 5 rings (SSSR count). The summed E-state index contributed by atoms with van der Waals surface area (Å²) in [4.78, 5) is 24.1. The van der Waals surface area contributed by atoms with Crippen LogP contribution >= 0.6 is 0 Å². The van der Waals surface area contributed by atoms with E-state index in [1.165, 1.54) is 12.1 Å². The van der Waals surface area contributed by atoms with Crippen LogP contribution in [0.1, 0.15) is 6.42 Å². The number of aromatic amines is 2. The van der Waals surface area contributed by atoms with Crippen LogP contribution in [0.5, 0.6) is 0 Å². The highest BCUT2D eigenvalue weighted by Gasteiger charge is 2.20. The SMILES string of the molecule is O=c1[nH]c(NCCCN2CCN(c3n[nH]c4cc(F)ccc34)CC2)nc2ccccc12. The first-order valence-electron chi connectivity index (χ1n) is 10.5. The fourth-order valence-corrected chi connectivity index (χ4v) is 4.08. The molecule has 0 amide bonds. The van der Waals surface area contributed by atoms with Gasteiger partial charge in [-0.3, -0.25) is 19.8 Å². The Hall–Kier alpha value is -3.46. The van der Waals surface area contributed by atoms with Gasteiger partial charge >= 0.3 is 0 Å². The van der Waals surface area contributed by atoms with Crippen LogP contribution < -0.4 is 15.8 Å². The average Bonchev–Trinajstić information content (AvgIpc) is 3.20. The molecular weight excluding hydrogens is 397 g/mol. The minimum absolute atomic E-state index is 0.127. The van der Waals surface area contributed by atoms with Crippen molar-refractivity contribution < 1.29 is 4.39 Å². The van der Waals surface area contributed by atoms with E-state index >= 15 is 0 Å². The number of halogens is 1. The van der Waals surface area contributed by atoms with E-state index in [9.17, 15) is 9.18 Å². The third-order valence-electron chi connectivity index (χ3n) is 5.73. The number of nitrogens with one attached hydrogen (secondary N) is 3. The lowest BCUT2D eigenvalue weighted by atomic mass is 10.2. The molecule has 0 spiro atoms. The molecule has 0 atom stereocenters. The summed E-state index contributed by atoms with van der Waals surface area (Å²) >= 11 is 0. The van der Waals surface area contributed by atoms with E-state index in [-0.39, 0.29) is 11.4 Å². The molecule has 1 fully saturated rings. The fraction of sp³-hybridized carbons (Fsp3) is 0.318. The van der Waals surface area contributed by atoms with Crippen LogP contribution in [-0.2, 0) is 0 Å². The third-order valence-corrected chi connectivity index (χ3v) is 5.73. The van der Waals surface area contributed by atoms with Crippen molar-refractivity contribution in [2.75, 3.05) is 49.5 Å². The van der Waals surface area contributed by atoms with Crippen LogP contribution in [0.3, 0.4) is 0 Å². The summed E-state index contributed by atoms with van der Waals surface area (Å²) < 4.78 is 13.4. The van der Waals surface area contributed by atoms with Gasteiger partial charge in [-0.05, 0) is 43.3 Å². The molecule has 1 aliphatic heterocycles. The van der Waals surface area contributed by atoms with E-state index in [1.807, 2.05) is 18.2 Å². The summed E-state index contributed by atoms with van der Waals surface area (Å²) in [6, 6.07) is 12.1. The summed E-state index contributed by atoms with van der Waals surface area (Å²) in [6.07, 6.45) is 0.946. The van der Waals surface area contributed by atoms with Gasteiger partial charge < -0.3 is 10.2 Å². The number of benzene rings is 2. The summed E-state index contributed by atoms with van der Waals surface area (Å²) in [6.45, 7) is 5.35. The molecule has 8 nitrogen and oxygen atoms in total. The van der Waals surface area contributed by atoms with Gasteiger partial charge in [0.15, 0.2) is 5.82 Å². The molecule has 0 saturated carbocycles. The standard InChI is InChI=1S/C22H24FN7O/c23-15-6-7-16-19(14-15)27-28-20(16)30-12-10-29(11-13-30)9-3-8-24-22-25-18-5-2-1-4-17(18)21(31)26-22/h1-2,4-7,14H,3,8-13H2,(H,27,28)(H2,24,25,26,31). The largest absolute Gasteiger partial charge is 0.356 e. The summed E-state index contributed by atoms with van der Waals surface area (Å²) in [5, 5.41) is 12.1. The Labute approximate surface area is 178 Å². The summed E-state index contributed by atoms with van der Waals surface area (Å²) in [5.41, 5.74) is 1.29. The van der Waals surface area contributed by atoms with Gasteiger partial charge in [-0.25, -0.2) is 9.37 Å². The Morgan fingerprint density at radius 3 is 2.77 bits per heavy atom. The van der Waals surface area contributed by atoms with Gasteiger partial charge in [0.2, 0.25) is 5.95 Å². The van der Waals surface area contributed by atoms with Crippen molar-refractivity contribution in [2.24, 2.45) is 0 Å². The minimum atomic E-state index is -0.260. The monoisotopic (exact) mass is 421 g/mol. The maximum Gasteiger partial charge on any atom is 0.260 e. The molecule has 0 aliphatic carbocycles. The van der Waals surface area contributed by atoms with E-state index < -0.39 is 0 Å². The lowest BCUT2D eigenvalue weighted by molar-refractivity contribution is 0.257. The Morgan fingerprint density at radius 2 is 1.90 bits per heavy atom. The fourth-order valence-electron chi connectivity index (χ4n) is 4.08. The highest BCUT2D eigenvalue weighted by atomic mass is 19.1. The number of nitrogens with zero attached hydrogens (tertiary/aromatic N) is 4. The number of H-pyrrole nitrogens is 2. The third kappa shape index (κ3) is 4.09. The van der Waals surface area contributed by atoms with Crippen molar-refractivity contribution in [3.8, 4) is 0 Å². The number of rotatable bonds is 6. The van der Waals surface area contributed by atoms with Crippen LogP contribution in [0.25, 0.3) is 21.8 Å². The number of hydrogen-bond acceptors (Lipinski definition) is 6. The molecule has 2 aromatic heterocycles. The zero-order chi connectivity index (χ0) is 21.2. The first-order valence-corrected chi connectivity index (χ1v) is 10.5. The second-order valence-corrected chi connectivity index (χ2v) is 7.78. The van der Waals surface area contributed by atoms with Gasteiger partial charge in [0.05, 0.1) is 16.4 Å². The molecule has 0 radical (unpaired) electrons. The molecule has 3 heterocycles. The van der Waals surface area contributed by atoms with E-state index in [4.69, 9.17) is 0 Å². The summed E-state index contributed by atoms with van der Waals surface area (Å²) in [5.74, 6) is 1.14. The van der Waals surface area contributed by atoms with Crippen LogP contribution in [0.4, 0.5) is 16.2 Å². The van der Waals surface area contributed by atoms with Gasteiger partial charge in [0.1, 0.15) is 5.82 Å². The number of piperazine rings is 1. The Bertz CT molecular complexity index is 1260. The average molecular weight is 421 g/mol. The van der Waals surface area contributed by atoms with Crippen molar-refractivity contribution in [1.82, 2.24) is 25.1 Å². The lowest BCUT2D eigenvalue weighted by Crippen LogP contribution is -2.47. The minimum Gasteiger partial charge on any atom is -0.356 e. The van der Waals surface area contributed by atoms with Gasteiger partial charge in [-0.1, -0.05) is 12.1 Å². The summed E-state index contributed by atoms with van der Waals surface area (Å²) in [7, 11) is 0. The quantitative estimate of drug-likeness (QED) is 0.415. The smallest absolute Gasteiger partial charge is 0.260 e. The molecule has 0 bridgehead atoms. The molecule has 2 aromatic carbocycles. The van der Waals surface area contributed by atoms with Crippen molar-refractivity contribution in [3.63, 3.8) is 0 Å². The Balaban J connectivity index is 1.11. The van der Waals surface area contributed by atoms with Crippen LogP contribution in [0, 0.1) is 5.82 Å². The topological polar surface area (TPSA) is 92.9 Å². The van der Waals surface area contributed by atoms with E-state index in [0.29, 0.717) is 16.9 Å². The number of aromatic nitrogens is 4. The first kappa shape index (κ1) is 19.5. The molecule has 3 N–H and O–H groups in total. The van der Waals surface area contributed by atoms with E-state index in [0.717, 1.165) is 62.4 Å². The molecule has 4 aromatic rings. The number of fused-ring (bicyclic) bond motifs is 2. The molecular formula is C22H24FN7O. The normalized spacial score (nSPS) is 15.1. The highest BCUT2D eigenvalue weighted by molar-refractivity contribution is 5.90. The second-order valence-electron chi connectivity index (χ2n) is 7.78. The van der Waals surface area contributed by atoms with Crippen LogP contribution in [0.15, 0.2) is 47.3 Å². The number of hydrogen-bond donors (Lipinski definition) is 3. The van der Waals surface area contributed by atoms with Crippen LogP contribution in [0.2, 0.25) is 0 Å². The molecule has 1 saturated heterocycles. The highest BCUT2D eigenvalue weighted by Crippen LogP contribution is 2.25. The second kappa shape index (κ2) is 8.35. The molecule has 160 valence electrons. The molecule has 9 heteroatoms. The Kier molecular flexibility index (Phi) is 5.25. The maximum atomic E-state index is 13.4. The lowest BCUT2D eigenvalue weighted by Gasteiger charge is -2.35. The van der Waals surface area contributed by atoms with Gasteiger partial charge in [0, 0.05) is 38.1 Å². The van der Waals surface area contributed by atoms with Crippen molar-refractivity contribution >= 4 is 33.6 Å². The van der Waals surface area contributed by atoms with Gasteiger partial charge in [-0.2, -0.15) is 5.10 Å². The van der Waals surface area contributed by atoms with Crippen LogP contribution in [-0.4, -0.2) is 64.3 Å².